The van der Waals surface area contributed by atoms with E-state index in [1.165, 1.54) is 25.0 Å². The molecule has 3 aliphatic rings. The predicted molar refractivity (Wildman–Crippen MR) is 84.5 cm³/mol. The molecule has 4 heterocycles. The molecule has 23 heavy (non-hydrogen) atoms. The maximum Gasteiger partial charge on any atom is 0.270 e. The Hall–Kier alpha value is -2.21. The summed E-state index contributed by atoms with van der Waals surface area (Å²) in [6.07, 6.45) is 2.87. The minimum atomic E-state index is -0.443. The van der Waals surface area contributed by atoms with Gasteiger partial charge in [0.25, 0.3) is 5.69 Å². The number of ketones is 1. The molecule has 2 aromatic rings. The highest BCUT2D eigenvalue weighted by Crippen LogP contribution is 2.35. The Morgan fingerprint density at radius 3 is 2.74 bits per heavy atom. The number of rotatable bonds is 4. The molecule has 0 amide bonds. The normalized spacial score (nSPS) is 26.5. The molecule has 3 aliphatic heterocycles. The van der Waals surface area contributed by atoms with Gasteiger partial charge in [-0.3, -0.25) is 14.9 Å². The van der Waals surface area contributed by atoms with Crippen molar-refractivity contribution in [3.05, 3.63) is 40.1 Å². The van der Waals surface area contributed by atoms with E-state index >= 15 is 0 Å². The molecule has 6 nitrogen and oxygen atoms in total. The number of hydrogen-bond donors (Lipinski definition) is 0. The van der Waals surface area contributed by atoms with Gasteiger partial charge in [-0.1, -0.05) is 0 Å². The van der Waals surface area contributed by atoms with Crippen LogP contribution in [0, 0.1) is 22.0 Å². The summed E-state index contributed by atoms with van der Waals surface area (Å²) in [7, 11) is 0. The van der Waals surface area contributed by atoms with E-state index in [4.69, 9.17) is 4.42 Å². The van der Waals surface area contributed by atoms with Gasteiger partial charge in [-0.25, -0.2) is 0 Å². The molecule has 0 saturated carbocycles. The highest BCUT2D eigenvalue weighted by Gasteiger charge is 2.35. The Labute approximate surface area is 133 Å². The highest BCUT2D eigenvalue weighted by atomic mass is 16.6. The van der Waals surface area contributed by atoms with Crippen LogP contribution in [-0.4, -0.2) is 35.2 Å². The fourth-order valence-corrected chi connectivity index (χ4v) is 3.94. The van der Waals surface area contributed by atoms with E-state index in [-0.39, 0.29) is 11.5 Å². The van der Waals surface area contributed by atoms with Gasteiger partial charge >= 0.3 is 0 Å². The molecule has 3 fully saturated rings. The molecular weight excluding hydrogens is 296 g/mol. The number of carbonyl (C=O) groups excluding carboxylic acids is 1. The first-order chi connectivity index (χ1) is 11.1. The van der Waals surface area contributed by atoms with E-state index in [0.717, 1.165) is 19.6 Å². The monoisotopic (exact) mass is 314 g/mol. The molecule has 0 N–H and O–H groups in total. The molecule has 1 aromatic carbocycles. The number of benzene rings is 1. The minimum absolute atomic E-state index is 0.00241. The van der Waals surface area contributed by atoms with Gasteiger partial charge in [0, 0.05) is 30.5 Å². The summed E-state index contributed by atoms with van der Waals surface area (Å²) in [6.45, 7) is 3.31. The van der Waals surface area contributed by atoms with E-state index in [2.05, 4.69) is 4.90 Å². The Bertz CT molecular complexity index is 774. The lowest BCUT2D eigenvalue weighted by atomic mass is 9.76. The minimum Gasteiger partial charge on any atom is -0.453 e. The van der Waals surface area contributed by atoms with Gasteiger partial charge in [0.2, 0.25) is 0 Å². The molecule has 5 rings (SSSR count). The molecule has 0 spiro atoms. The second kappa shape index (κ2) is 5.45. The SMILES string of the molecule is O=C(C[C@H]1CN2CCC1CC2)c1cc2cc([N+](=O)[O-])ccc2o1. The second-order valence-electron chi connectivity index (χ2n) is 6.62. The van der Waals surface area contributed by atoms with Gasteiger partial charge in [0.1, 0.15) is 5.58 Å². The summed E-state index contributed by atoms with van der Waals surface area (Å²) in [5, 5.41) is 11.4. The summed E-state index contributed by atoms with van der Waals surface area (Å²) in [4.78, 5) is 25.3. The van der Waals surface area contributed by atoms with Crippen molar-refractivity contribution in [2.45, 2.75) is 19.3 Å². The van der Waals surface area contributed by atoms with Gasteiger partial charge in [-0.05, 0) is 49.9 Å². The van der Waals surface area contributed by atoms with E-state index in [0.29, 0.717) is 35.0 Å². The lowest BCUT2D eigenvalue weighted by Crippen LogP contribution is -2.47. The zero-order chi connectivity index (χ0) is 16.0. The van der Waals surface area contributed by atoms with Gasteiger partial charge < -0.3 is 9.32 Å². The largest absolute Gasteiger partial charge is 0.453 e. The Morgan fingerprint density at radius 1 is 1.30 bits per heavy atom. The molecule has 120 valence electrons. The maximum atomic E-state index is 12.5. The number of non-ortho nitro benzene ring substituents is 1. The fraction of sp³-hybridized carbons (Fsp3) is 0.471. The number of nitrogens with zero attached hydrogens (tertiary/aromatic N) is 2. The highest BCUT2D eigenvalue weighted by molar-refractivity contribution is 5.98. The van der Waals surface area contributed by atoms with Crippen LogP contribution in [-0.2, 0) is 0 Å². The fourth-order valence-electron chi connectivity index (χ4n) is 3.94. The van der Waals surface area contributed by atoms with Gasteiger partial charge in [0.15, 0.2) is 11.5 Å². The van der Waals surface area contributed by atoms with Gasteiger partial charge in [-0.15, -0.1) is 0 Å². The van der Waals surface area contributed by atoms with E-state index < -0.39 is 4.92 Å². The Balaban J connectivity index is 1.54. The van der Waals surface area contributed by atoms with Crippen molar-refractivity contribution < 1.29 is 14.1 Å². The molecule has 0 aliphatic carbocycles. The van der Waals surface area contributed by atoms with Crippen LogP contribution < -0.4 is 0 Å². The molecule has 2 bridgehead atoms. The van der Waals surface area contributed by atoms with Crippen LogP contribution in [0.4, 0.5) is 5.69 Å². The molecular formula is C17H18N2O4. The van der Waals surface area contributed by atoms with Crippen molar-refractivity contribution in [2.75, 3.05) is 19.6 Å². The second-order valence-corrected chi connectivity index (χ2v) is 6.62. The quantitative estimate of drug-likeness (QED) is 0.492. The van der Waals surface area contributed by atoms with E-state index in [9.17, 15) is 14.9 Å². The number of nitro benzene ring substituents is 1. The van der Waals surface area contributed by atoms with Crippen LogP contribution in [0.15, 0.2) is 28.7 Å². The average molecular weight is 314 g/mol. The van der Waals surface area contributed by atoms with Crippen molar-refractivity contribution >= 4 is 22.4 Å². The number of furan rings is 1. The van der Waals surface area contributed by atoms with Crippen LogP contribution in [0.3, 0.4) is 0 Å². The number of nitro groups is 1. The number of piperidine rings is 3. The van der Waals surface area contributed by atoms with Crippen LogP contribution in [0.2, 0.25) is 0 Å². The van der Waals surface area contributed by atoms with Crippen molar-refractivity contribution in [3.8, 4) is 0 Å². The molecule has 0 unspecified atom stereocenters. The van der Waals surface area contributed by atoms with Crippen molar-refractivity contribution in [1.29, 1.82) is 0 Å². The first-order valence-electron chi connectivity index (χ1n) is 8.04. The Kier molecular flexibility index (Phi) is 3.41. The molecule has 1 atom stereocenters. The third-order valence-corrected chi connectivity index (χ3v) is 5.22. The number of carbonyl (C=O) groups is 1. The molecule has 0 radical (unpaired) electrons. The summed E-state index contributed by atoms with van der Waals surface area (Å²) >= 11 is 0. The number of Topliss-reactive ketones (excluding diaryl/α,β-unsaturated/α-hetero) is 1. The summed E-state index contributed by atoms with van der Waals surface area (Å²) < 4.78 is 5.60. The average Bonchev–Trinajstić information content (AvgIpc) is 2.99. The zero-order valence-corrected chi connectivity index (χ0v) is 12.7. The van der Waals surface area contributed by atoms with E-state index in [1.807, 2.05) is 0 Å². The third kappa shape index (κ3) is 2.63. The van der Waals surface area contributed by atoms with Gasteiger partial charge in [0.05, 0.1) is 4.92 Å². The summed E-state index contributed by atoms with van der Waals surface area (Å²) in [6, 6.07) is 6.03. The summed E-state index contributed by atoms with van der Waals surface area (Å²) in [5.41, 5.74) is 0.530. The summed E-state index contributed by atoms with van der Waals surface area (Å²) in [5.74, 6) is 1.38. The van der Waals surface area contributed by atoms with E-state index in [1.54, 1.807) is 12.1 Å². The lowest BCUT2D eigenvalue weighted by molar-refractivity contribution is -0.384. The van der Waals surface area contributed by atoms with Gasteiger partial charge in [-0.2, -0.15) is 0 Å². The third-order valence-electron chi connectivity index (χ3n) is 5.22. The van der Waals surface area contributed by atoms with Crippen molar-refractivity contribution in [3.63, 3.8) is 0 Å². The standard InChI is InChI=1S/C17H18N2O4/c20-15(8-13-10-18-5-3-11(13)4-6-18)17-9-12-7-14(19(21)22)1-2-16(12)23-17/h1-2,7,9,11,13H,3-6,8,10H2/t13-/m0/s1. The molecule has 1 aromatic heterocycles. The number of hydrogen-bond acceptors (Lipinski definition) is 5. The van der Waals surface area contributed by atoms with Crippen LogP contribution in [0.25, 0.3) is 11.0 Å². The Morgan fingerprint density at radius 2 is 2.09 bits per heavy atom. The zero-order valence-electron chi connectivity index (χ0n) is 12.7. The predicted octanol–water partition coefficient (Wildman–Crippen LogP) is 3.26. The number of fused-ring (bicyclic) bond motifs is 4. The lowest BCUT2D eigenvalue weighted by Gasteiger charge is -2.44. The molecule has 6 heteroatoms. The molecule has 3 saturated heterocycles. The van der Waals surface area contributed by atoms with Crippen LogP contribution in [0.1, 0.15) is 29.8 Å². The van der Waals surface area contributed by atoms with Crippen LogP contribution in [0.5, 0.6) is 0 Å². The topological polar surface area (TPSA) is 76.6 Å². The van der Waals surface area contributed by atoms with Crippen LogP contribution >= 0.6 is 0 Å². The van der Waals surface area contributed by atoms with Crippen molar-refractivity contribution in [2.24, 2.45) is 11.8 Å². The van der Waals surface area contributed by atoms with Crippen molar-refractivity contribution in [1.82, 2.24) is 4.90 Å². The maximum absolute atomic E-state index is 12.5. The first-order valence-corrected chi connectivity index (χ1v) is 8.04. The smallest absolute Gasteiger partial charge is 0.270 e. The first kappa shape index (κ1) is 14.4.